The molecule has 0 spiro atoms. The fourth-order valence-corrected chi connectivity index (χ4v) is 16.0. The molecule has 3 N–H and O–H groups in total. The van der Waals surface area contributed by atoms with Crippen molar-refractivity contribution in [2.24, 2.45) is 11.8 Å². The molecule has 624 valence electrons. The number of nitrogens with one attached hydrogen (secondary N) is 2. The van der Waals surface area contributed by atoms with Gasteiger partial charge >= 0.3 is 15.6 Å². The van der Waals surface area contributed by atoms with Crippen LogP contribution in [0.4, 0.5) is 0 Å². The number of rotatable bonds is 72. The number of carbonyl (C=O) groups is 2. The molecule has 12 atom stereocenters. The van der Waals surface area contributed by atoms with Crippen LogP contribution in [0.15, 0.2) is 87.3 Å². The Hall–Kier alpha value is -3.06. The molecule has 0 aromatic carbocycles. The van der Waals surface area contributed by atoms with Crippen molar-refractivity contribution in [3.8, 4) is 0 Å². The second kappa shape index (κ2) is 69.6. The van der Waals surface area contributed by atoms with E-state index in [1.807, 2.05) is 20.8 Å². The number of aliphatic hydroxyl groups is 1. The molecule has 2 rings (SSSR count). The first-order valence-electron chi connectivity index (χ1n) is 43.0. The predicted molar refractivity (Wildman–Crippen MR) is 442 cm³/mol. The van der Waals surface area contributed by atoms with Crippen LogP contribution in [0.3, 0.4) is 0 Å². The highest BCUT2D eigenvalue weighted by atomic mass is 31.2. The van der Waals surface area contributed by atoms with Crippen LogP contribution in [0.2, 0.25) is 0 Å². The number of amides is 2. The maximum atomic E-state index is 13.9. The number of aliphatic hydroxyl groups excluding tert-OH is 1. The lowest BCUT2D eigenvalue weighted by Gasteiger charge is -2.46. The maximum absolute atomic E-state index is 13.9. The van der Waals surface area contributed by atoms with Crippen molar-refractivity contribution in [1.29, 1.82) is 0 Å². The maximum Gasteiger partial charge on any atom is 0.475 e. The monoisotopic (exact) mass is 1550 g/mol. The van der Waals surface area contributed by atoms with Gasteiger partial charge in [0.25, 0.3) is 0 Å². The van der Waals surface area contributed by atoms with Crippen molar-refractivity contribution in [3.05, 3.63) is 87.3 Å². The van der Waals surface area contributed by atoms with Gasteiger partial charge in [-0.3, -0.25) is 36.7 Å². The summed E-state index contributed by atoms with van der Waals surface area (Å²) in [5.41, 5.74) is 0. The Morgan fingerprint density at radius 1 is 0.430 bits per heavy atom. The third-order valence-corrected chi connectivity index (χ3v) is 22.7. The van der Waals surface area contributed by atoms with Crippen LogP contribution < -0.4 is 10.6 Å². The number of hydrogen-bond donors (Lipinski definition) is 3. The van der Waals surface area contributed by atoms with Gasteiger partial charge in [0.05, 0.1) is 44.9 Å². The van der Waals surface area contributed by atoms with Crippen LogP contribution in [0, 0.1) is 11.8 Å². The largest absolute Gasteiger partial charge is 0.475 e. The van der Waals surface area contributed by atoms with Gasteiger partial charge in [0.15, 0.2) is 6.29 Å². The lowest BCUT2D eigenvalue weighted by Crippen LogP contribution is -2.65. The van der Waals surface area contributed by atoms with E-state index in [0.717, 1.165) is 64.2 Å². The lowest BCUT2D eigenvalue weighted by atomic mass is 9.94. The standard InChI is InChI=1S/C45H82NO8P.C42H78NO8P/c1-8-14-16-18-19-20-21-22-23-24-25-26-27-29-31-33-41(47)46-42-44(49-38-34-39(7)32-30-28-17-15-9-2)43(40(13-6)53-45(42)50-35-10-3)54-55(48,51-36-11-4)52-37-12-5;1-7-12-14-16-17-18-19-20-21-22-23-24-25-27-29-31-38(44)43-39-41(47-35-32-36(6)30-28-26-15-13-8-2)40(37(11-5)50-42(39)45)51-52(46,48-33-9-3)49-34-10-4/h10-12,20-21,35,39-40,42-45H,4-5,8-9,13-19,22-34,36-38H2,1-3,6-7H3,(H,46,47);9-10,18-19,36-37,39-42,45H,3-4,7-8,11-17,20-35H2,1-2,5-6H3,(H,43,44)/b21-20-,35-10-;19-18-/t39-,40-,42-,43?,44-,45+;36-,37-,39-,40?,41-,42?/m11/s1. The van der Waals surface area contributed by atoms with E-state index in [9.17, 15) is 23.8 Å². The van der Waals surface area contributed by atoms with Crippen LogP contribution >= 0.6 is 15.6 Å². The van der Waals surface area contributed by atoms with Crippen molar-refractivity contribution in [1.82, 2.24) is 10.6 Å². The number of carbonyl (C=O) groups excluding carboxylic acids is 2. The Labute approximate surface area is 654 Å². The van der Waals surface area contributed by atoms with Gasteiger partial charge in [-0.15, -0.1) is 26.3 Å². The van der Waals surface area contributed by atoms with Crippen molar-refractivity contribution in [2.45, 2.75) is 406 Å². The third kappa shape index (κ3) is 51.3. The summed E-state index contributed by atoms with van der Waals surface area (Å²) >= 11 is 0. The molecule has 107 heavy (non-hydrogen) atoms. The topological polar surface area (TPSA) is 214 Å². The van der Waals surface area contributed by atoms with Crippen LogP contribution in [0.5, 0.6) is 0 Å². The minimum absolute atomic E-state index is 0.0378. The molecule has 0 radical (unpaired) electrons. The van der Waals surface area contributed by atoms with Crippen LogP contribution in [-0.2, 0) is 69.5 Å². The van der Waals surface area contributed by atoms with Crippen molar-refractivity contribution in [2.75, 3.05) is 39.6 Å². The molecule has 0 bridgehead atoms. The van der Waals surface area contributed by atoms with E-state index in [1.165, 1.54) is 217 Å². The zero-order valence-corrected chi connectivity index (χ0v) is 71.1. The summed E-state index contributed by atoms with van der Waals surface area (Å²) in [5.74, 6) is 0.609. The number of phosphoric acid groups is 2. The smallest absolute Gasteiger partial charge is 0.471 e. The summed E-state index contributed by atoms with van der Waals surface area (Å²) in [5, 5.41) is 17.3. The van der Waals surface area contributed by atoms with E-state index in [1.54, 1.807) is 12.3 Å². The SMILES string of the molecule is C=CCOP(=O)(OCC=C)OC1[C@@H](CC)OC(O)[C@H](NC(=O)CCCCCCCCC/C=C\CCCCCC)[C@H]1OCC[C@H](C)CCCCCCC.C=CCOP(=O)(OCC=C)OC1[C@@H](CC)O[C@H](O/C=C\C)[C@H](NC(=O)CCCCCCCCC/C=C\CCCCCC)[C@H]1OCC[C@H](C)CCCCCCC. The van der Waals surface area contributed by atoms with Gasteiger partial charge in [-0.05, 0) is 109 Å². The molecule has 0 aromatic heterocycles. The number of phosphoric ester groups is 2. The number of ether oxygens (including phenoxy) is 5. The minimum Gasteiger partial charge on any atom is -0.471 e. The van der Waals surface area contributed by atoms with Gasteiger partial charge in [-0.2, -0.15) is 0 Å². The fraction of sp³-hybridized carbons (Fsp3) is 0.816. The van der Waals surface area contributed by atoms with Crippen LogP contribution in [-0.4, -0.2) is 118 Å². The molecule has 2 fully saturated rings. The molecule has 20 heteroatoms. The highest BCUT2D eigenvalue weighted by Crippen LogP contribution is 2.54. The second-order valence-corrected chi connectivity index (χ2v) is 32.9. The highest BCUT2D eigenvalue weighted by Gasteiger charge is 2.53. The molecule has 2 aliphatic heterocycles. The molecule has 3 unspecified atom stereocenters. The molecule has 2 heterocycles. The van der Waals surface area contributed by atoms with Gasteiger partial charge in [0, 0.05) is 26.1 Å². The average Bonchev–Trinajstić information content (AvgIpc) is 0.790. The predicted octanol–water partition coefficient (Wildman–Crippen LogP) is 24.2. The summed E-state index contributed by atoms with van der Waals surface area (Å²) < 4.78 is 93.7. The van der Waals surface area contributed by atoms with Crippen molar-refractivity contribution < 1.29 is 74.7 Å². The quantitative estimate of drug-likeness (QED) is 0.0223. The van der Waals surface area contributed by atoms with E-state index in [4.69, 9.17) is 50.8 Å². The van der Waals surface area contributed by atoms with Crippen molar-refractivity contribution >= 4 is 27.5 Å². The summed E-state index contributed by atoms with van der Waals surface area (Å²) in [6.07, 6.45) is 60.5. The molecule has 2 aliphatic rings. The van der Waals surface area contributed by atoms with E-state index in [-0.39, 0.29) is 38.2 Å². The Morgan fingerprint density at radius 2 is 0.748 bits per heavy atom. The van der Waals surface area contributed by atoms with E-state index in [0.29, 0.717) is 50.7 Å². The van der Waals surface area contributed by atoms with Crippen molar-refractivity contribution in [3.63, 3.8) is 0 Å². The van der Waals surface area contributed by atoms with E-state index in [2.05, 4.69) is 103 Å². The zero-order chi connectivity index (χ0) is 78.7. The van der Waals surface area contributed by atoms with Gasteiger partial charge in [0.1, 0.15) is 36.5 Å². The van der Waals surface area contributed by atoms with Gasteiger partial charge in [-0.1, -0.05) is 290 Å². The molecule has 0 aromatic rings. The summed E-state index contributed by atoms with van der Waals surface area (Å²) in [6.45, 7) is 34.4. The first kappa shape index (κ1) is 102. The Morgan fingerprint density at radius 3 is 1.10 bits per heavy atom. The highest BCUT2D eigenvalue weighted by molar-refractivity contribution is 7.48. The first-order chi connectivity index (χ1) is 52.0. The summed E-state index contributed by atoms with van der Waals surface area (Å²) in [4.78, 5) is 26.8. The Balaban J connectivity index is 0.00000107. The third-order valence-electron chi connectivity index (χ3n) is 19.8. The summed E-state index contributed by atoms with van der Waals surface area (Å²) in [7, 11) is -8.22. The fourth-order valence-electron chi connectivity index (χ4n) is 13.3. The minimum atomic E-state index is -4.11. The second-order valence-electron chi connectivity index (χ2n) is 29.6. The molecule has 0 aliphatic carbocycles. The zero-order valence-electron chi connectivity index (χ0n) is 69.4. The van der Waals surface area contributed by atoms with Crippen LogP contribution in [0.1, 0.15) is 345 Å². The van der Waals surface area contributed by atoms with E-state index < -0.39 is 76.9 Å². The summed E-state index contributed by atoms with van der Waals surface area (Å²) in [6, 6.07) is -1.67. The normalized spacial score (nSPS) is 21.1. The molecule has 2 saturated heterocycles. The molecular formula is C87H160N2O16P2. The molecule has 2 amide bonds. The number of unbranched alkanes of at least 4 members (excludes halogenated alkanes) is 30. The lowest BCUT2D eigenvalue weighted by molar-refractivity contribution is -0.255. The average molecular weight is 1550 g/mol. The molecule has 0 saturated carbocycles. The number of hydrogen-bond acceptors (Lipinski definition) is 16. The van der Waals surface area contributed by atoms with E-state index >= 15 is 0 Å². The molecule has 18 nitrogen and oxygen atoms in total. The van der Waals surface area contributed by atoms with Gasteiger partial charge < -0.3 is 39.4 Å². The molecular weight excluding hydrogens is 1390 g/mol. The first-order valence-corrected chi connectivity index (χ1v) is 45.9. The Kier molecular flexibility index (Phi) is 66.4. The van der Waals surface area contributed by atoms with Crippen LogP contribution in [0.25, 0.3) is 0 Å². The van der Waals surface area contributed by atoms with Gasteiger partial charge in [0.2, 0.25) is 18.1 Å². The number of allylic oxidation sites excluding steroid dienone is 5. The Bertz CT molecular complexity index is 2330. The van der Waals surface area contributed by atoms with Gasteiger partial charge in [-0.25, -0.2) is 9.13 Å².